The van der Waals surface area contributed by atoms with Gasteiger partial charge < -0.3 is 10.1 Å². The highest BCUT2D eigenvalue weighted by Crippen LogP contribution is 2.15. The summed E-state index contributed by atoms with van der Waals surface area (Å²) in [4.78, 5) is 12.4. The third-order valence-electron chi connectivity index (χ3n) is 4.38. The van der Waals surface area contributed by atoms with E-state index in [2.05, 4.69) is 29.5 Å². The smallest absolute Gasteiger partial charge is 0.251 e. The Balaban J connectivity index is 1.56. The molecule has 0 unspecified atom stereocenters. The van der Waals surface area contributed by atoms with Gasteiger partial charge in [-0.2, -0.15) is 5.10 Å². The number of rotatable bonds is 8. The van der Waals surface area contributed by atoms with E-state index in [4.69, 9.17) is 4.74 Å². The van der Waals surface area contributed by atoms with Crippen molar-refractivity contribution in [1.82, 2.24) is 15.1 Å². The van der Waals surface area contributed by atoms with Gasteiger partial charge in [-0.15, -0.1) is 0 Å². The number of amides is 1. The lowest BCUT2D eigenvalue weighted by Crippen LogP contribution is -2.23. The van der Waals surface area contributed by atoms with Crippen molar-refractivity contribution < 1.29 is 9.53 Å². The fourth-order valence-electron chi connectivity index (χ4n) is 2.74. The summed E-state index contributed by atoms with van der Waals surface area (Å²) in [7, 11) is 0. The molecular weight excluding hydrogens is 338 g/mol. The number of nitrogens with one attached hydrogen (secondary N) is 1. The van der Waals surface area contributed by atoms with E-state index in [1.807, 2.05) is 54.2 Å². The van der Waals surface area contributed by atoms with Gasteiger partial charge in [0.25, 0.3) is 5.91 Å². The molecule has 27 heavy (non-hydrogen) atoms. The molecule has 0 radical (unpaired) electrons. The molecule has 0 saturated heterocycles. The predicted molar refractivity (Wildman–Crippen MR) is 106 cm³/mol. The Morgan fingerprint density at radius 3 is 2.59 bits per heavy atom. The average molecular weight is 363 g/mol. The largest absolute Gasteiger partial charge is 0.489 e. The lowest BCUT2D eigenvalue weighted by molar-refractivity contribution is 0.0950. The van der Waals surface area contributed by atoms with E-state index in [-0.39, 0.29) is 5.91 Å². The second-order valence-corrected chi connectivity index (χ2v) is 6.33. The summed E-state index contributed by atoms with van der Waals surface area (Å²) in [6.45, 7) is 5.81. The molecule has 1 amide bonds. The maximum Gasteiger partial charge on any atom is 0.251 e. The number of carbonyl (C=O) groups is 1. The molecular formula is C22H25N3O2. The maximum atomic E-state index is 12.4. The molecule has 0 bridgehead atoms. The van der Waals surface area contributed by atoms with E-state index in [0.717, 1.165) is 30.0 Å². The first-order valence-electron chi connectivity index (χ1n) is 9.29. The van der Waals surface area contributed by atoms with Crippen LogP contribution in [0, 0.1) is 0 Å². The van der Waals surface area contributed by atoms with Crippen LogP contribution >= 0.6 is 0 Å². The van der Waals surface area contributed by atoms with Crippen LogP contribution in [0.2, 0.25) is 0 Å². The third kappa shape index (κ3) is 5.20. The molecule has 3 aromatic rings. The van der Waals surface area contributed by atoms with Gasteiger partial charge in [0.05, 0.1) is 12.2 Å². The third-order valence-corrected chi connectivity index (χ3v) is 4.38. The van der Waals surface area contributed by atoms with E-state index in [1.54, 1.807) is 6.07 Å². The summed E-state index contributed by atoms with van der Waals surface area (Å²) in [6, 6.07) is 17.5. The SMILES string of the molecule is CCc1ccc(OCc2cccc(C(=O)NCc3ccn(CC)n3)c2)cc1. The Labute approximate surface area is 160 Å². The molecule has 0 aliphatic rings. The zero-order valence-electron chi connectivity index (χ0n) is 15.8. The Morgan fingerprint density at radius 1 is 1.07 bits per heavy atom. The Hall–Kier alpha value is -3.08. The molecule has 0 spiro atoms. The van der Waals surface area contributed by atoms with Crippen LogP contribution in [0.25, 0.3) is 0 Å². The Kier molecular flexibility index (Phi) is 6.26. The number of carbonyl (C=O) groups excluding carboxylic acids is 1. The first-order valence-corrected chi connectivity index (χ1v) is 9.29. The van der Waals surface area contributed by atoms with Crippen molar-refractivity contribution in [3.63, 3.8) is 0 Å². The van der Waals surface area contributed by atoms with Crippen LogP contribution in [0.1, 0.15) is 41.0 Å². The summed E-state index contributed by atoms with van der Waals surface area (Å²) in [5, 5.41) is 7.28. The second-order valence-electron chi connectivity index (χ2n) is 6.33. The van der Waals surface area contributed by atoms with Crippen LogP contribution in [-0.2, 0) is 26.1 Å². The molecule has 0 aliphatic heterocycles. The van der Waals surface area contributed by atoms with E-state index < -0.39 is 0 Å². The van der Waals surface area contributed by atoms with Gasteiger partial charge >= 0.3 is 0 Å². The lowest BCUT2D eigenvalue weighted by Gasteiger charge is -2.09. The summed E-state index contributed by atoms with van der Waals surface area (Å²) in [5.74, 6) is 0.712. The van der Waals surface area contributed by atoms with Crippen LogP contribution in [0.3, 0.4) is 0 Å². The van der Waals surface area contributed by atoms with Crippen molar-refractivity contribution in [1.29, 1.82) is 0 Å². The summed E-state index contributed by atoms with van der Waals surface area (Å²) in [5.41, 5.74) is 3.70. The van der Waals surface area contributed by atoms with Gasteiger partial charge in [0.15, 0.2) is 0 Å². The average Bonchev–Trinajstić information content (AvgIpc) is 3.19. The summed E-state index contributed by atoms with van der Waals surface area (Å²) < 4.78 is 7.67. The Morgan fingerprint density at radius 2 is 1.89 bits per heavy atom. The highest BCUT2D eigenvalue weighted by atomic mass is 16.5. The van der Waals surface area contributed by atoms with Crippen LogP contribution in [0.5, 0.6) is 5.75 Å². The fraction of sp³-hybridized carbons (Fsp3) is 0.273. The van der Waals surface area contributed by atoms with Crippen LogP contribution in [-0.4, -0.2) is 15.7 Å². The predicted octanol–water partition coefficient (Wildman–Crippen LogP) is 3.97. The minimum absolute atomic E-state index is 0.116. The Bertz CT molecular complexity index is 885. The topological polar surface area (TPSA) is 56.1 Å². The molecule has 3 rings (SSSR count). The molecule has 140 valence electrons. The van der Waals surface area contributed by atoms with Crippen molar-refractivity contribution in [2.45, 2.75) is 40.0 Å². The fourth-order valence-corrected chi connectivity index (χ4v) is 2.74. The van der Waals surface area contributed by atoms with E-state index in [1.165, 1.54) is 5.56 Å². The maximum absolute atomic E-state index is 12.4. The minimum Gasteiger partial charge on any atom is -0.489 e. The van der Waals surface area contributed by atoms with Gasteiger partial charge in [-0.3, -0.25) is 9.48 Å². The number of hydrogen-bond acceptors (Lipinski definition) is 3. The number of aromatic nitrogens is 2. The zero-order valence-corrected chi connectivity index (χ0v) is 15.8. The van der Waals surface area contributed by atoms with Gasteiger partial charge in [0, 0.05) is 18.3 Å². The van der Waals surface area contributed by atoms with Crippen LogP contribution in [0.15, 0.2) is 60.8 Å². The molecule has 0 saturated carbocycles. The van der Waals surface area contributed by atoms with Gasteiger partial charge in [-0.25, -0.2) is 0 Å². The van der Waals surface area contributed by atoms with Crippen molar-refractivity contribution in [2.75, 3.05) is 0 Å². The van der Waals surface area contributed by atoms with Gasteiger partial charge in [0.1, 0.15) is 12.4 Å². The quantitative estimate of drug-likeness (QED) is 0.659. The zero-order chi connectivity index (χ0) is 19.1. The van der Waals surface area contributed by atoms with Crippen molar-refractivity contribution in [2.24, 2.45) is 0 Å². The highest BCUT2D eigenvalue weighted by Gasteiger charge is 2.08. The van der Waals surface area contributed by atoms with Crippen molar-refractivity contribution in [3.05, 3.63) is 83.2 Å². The molecule has 5 nitrogen and oxygen atoms in total. The van der Waals surface area contributed by atoms with Gasteiger partial charge in [-0.05, 0) is 54.8 Å². The van der Waals surface area contributed by atoms with Crippen LogP contribution in [0.4, 0.5) is 0 Å². The molecule has 2 aromatic carbocycles. The van der Waals surface area contributed by atoms with Crippen molar-refractivity contribution in [3.8, 4) is 5.75 Å². The molecule has 0 atom stereocenters. The molecule has 0 fully saturated rings. The van der Waals surface area contributed by atoms with E-state index in [0.29, 0.717) is 18.7 Å². The first-order chi connectivity index (χ1) is 13.2. The molecule has 1 N–H and O–H groups in total. The molecule has 5 heteroatoms. The normalized spacial score (nSPS) is 10.6. The monoisotopic (exact) mass is 363 g/mol. The van der Waals surface area contributed by atoms with Crippen molar-refractivity contribution >= 4 is 5.91 Å². The number of hydrogen-bond donors (Lipinski definition) is 1. The van der Waals surface area contributed by atoms with Crippen LogP contribution < -0.4 is 10.1 Å². The summed E-state index contributed by atoms with van der Waals surface area (Å²) >= 11 is 0. The highest BCUT2D eigenvalue weighted by molar-refractivity contribution is 5.94. The molecule has 1 aromatic heterocycles. The molecule has 1 heterocycles. The standard InChI is InChI=1S/C22H25N3O2/c1-3-17-8-10-21(11-9-17)27-16-18-6-5-7-19(14-18)22(26)23-15-20-12-13-25(4-2)24-20/h5-14H,3-4,15-16H2,1-2H3,(H,23,26). The van der Waals surface area contributed by atoms with E-state index in [9.17, 15) is 4.79 Å². The van der Waals surface area contributed by atoms with Gasteiger partial charge in [-0.1, -0.05) is 31.2 Å². The number of aryl methyl sites for hydroxylation is 2. The number of ether oxygens (including phenoxy) is 1. The second kappa shape index (κ2) is 9.03. The summed E-state index contributed by atoms with van der Waals surface area (Å²) in [6.07, 6.45) is 2.92. The first kappa shape index (κ1) is 18.7. The minimum atomic E-state index is -0.116. The van der Waals surface area contributed by atoms with Gasteiger partial charge in [0.2, 0.25) is 0 Å². The van der Waals surface area contributed by atoms with E-state index >= 15 is 0 Å². The lowest BCUT2D eigenvalue weighted by atomic mass is 10.1. The number of nitrogens with zero attached hydrogens (tertiary/aromatic N) is 2. The number of benzene rings is 2. The molecule has 0 aliphatic carbocycles.